The average Bonchev–Trinajstić information content (AvgIpc) is 2.32. The number of hydrogen-bond donors (Lipinski definition) is 1. The predicted octanol–water partition coefficient (Wildman–Crippen LogP) is 1.89. The maximum atomic E-state index is 11.7. The Morgan fingerprint density at radius 1 is 1.41 bits per heavy atom. The molecule has 0 saturated carbocycles. The monoisotopic (exact) mass is 347 g/mol. The zero-order valence-corrected chi connectivity index (χ0v) is 11.9. The van der Waals surface area contributed by atoms with E-state index in [1.807, 2.05) is 19.1 Å². The lowest BCUT2D eigenvalue weighted by Crippen LogP contribution is -2.26. The SMILES string of the molecule is COC(=O)CCNC(=O)c1ccc(I)c(C)c1. The number of aryl methyl sites for hydroxylation is 1. The number of esters is 1. The highest BCUT2D eigenvalue weighted by atomic mass is 127. The first-order valence-electron chi connectivity index (χ1n) is 5.15. The van der Waals surface area contributed by atoms with Crippen LogP contribution in [0.3, 0.4) is 0 Å². The Labute approximate surface area is 114 Å². The van der Waals surface area contributed by atoms with E-state index in [1.54, 1.807) is 6.07 Å². The number of methoxy groups -OCH3 is 1. The van der Waals surface area contributed by atoms with Crippen molar-refractivity contribution in [2.24, 2.45) is 0 Å². The van der Waals surface area contributed by atoms with Crippen molar-refractivity contribution in [3.05, 3.63) is 32.9 Å². The van der Waals surface area contributed by atoms with Gasteiger partial charge < -0.3 is 10.1 Å². The standard InChI is InChI=1S/C12H14INO3/c1-8-7-9(3-4-10(8)13)12(16)14-6-5-11(15)17-2/h3-4,7H,5-6H2,1-2H3,(H,14,16). The molecule has 1 aromatic rings. The fourth-order valence-electron chi connectivity index (χ4n) is 1.27. The van der Waals surface area contributed by atoms with Gasteiger partial charge in [0.2, 0.25) is 0 Å². The van der Waals surface area contributed by atoms with Crippen LogP contribution in [-0.2, 0) is 9.53 Å². The predicted molar refractivity (Wildman–Crippen MR) is 72.9 cm³/mol. The van der Waals surface area contributed by atoms with Crippen molar-refractivity contribution >= 4 is 34.5 Å². The minimum atomic E-state index is -0.330. The van der Waals surface area contributed by atoms with Crippen LogP contribution >= 0.6 is 22.6 Å². The van der Waals surface area contributed by atoms with Crippen molar-refractivity contribution in [3.63, 3.8) is 0 Å². The smallest absolute Gasteiger partial charge is 0.307 e. The summed E-state index contributed by atoms with van der Waals surface area (Å²) >= 11 is 2.21. The zero-order chi connectivity index (χ0) is 12.8. The number of halogens is 1. The Balaban J connectivity index is 2.52. The fraction of sp³-hybridized carbons (Fsp3) is 0.333. The highest BCUT2D eigenvalue weighted by Gasteiger charge is 2.07. The molecule has 0 saturated heterocycles. The lowest BCUT2D eigenvalue weighted by Gasteiger charge is -2.06. The Morgan fingerprint density at radius 2 is 2.12 bits per heavy atom. The number of carbonyl (C=O) groups excluding carboxylic acids is 2. The van der Waals surface area contributed by atoms with Gasteiger partial charge in [0.15, 0.2) is 0 Å². The lowest BCUT2D eigenvalue weighted by molar-refractivity contribution is -0.140. The molecule has 0 bridgehead atoms. The fourth-order valence-corrected chi connectivity index (χ4v) is 1.60. The number of rotatable bonds is 4. The molecular formula is C12H14INO3. The van der Waals surface area contributed by atoms with E-state index in [4.69, 9.17) is 0 Å². The van der Waals surface area contributed by atoms with Gasteiger partial charge in [-0.1, -0.05) is 0 Å². The summed E-state index contributed by atoms with van der Waals surface area (Å²) in [5.74, 6) is -0.502. The molecule has 0 heterocycles. The van der Waals surface area contributed by atoms with Crippen LogP contribution in [0.2, 0.25) is 0 Å². The Bertz CT molecular complexity index is 432. The van der Waals surface area contributed by atoms with Gasteiger partial charge in [0.05, 0.1) is 13.5 Å². The van der Waals surface area contributed by atoms with Gasteiger partial charge in [0, 0.05) is 15.7 Å². The highest BCUT2D eigenvalue weighted by molar-refractivity contribution is 14.1. The number of carbonyl (C=O) groups is 2. The third-order valence-electron chi connectivity index (χ3n) is 2.26. The summed E-state index contributed by atoms with van der Waals surface area (Å²) in [5, 5.41) is 2.67. The molecule has 0 atom stereocenters. The molecule has 0 aliphatic heterocycles. The molecular weight excluding hydrogens is 333 g/mol. The second-order valence-corrected chi connectivity index (χ2v) is 4.71. The number of benzene rings is 1. The zero-order valence-electron chi connectivity index (χ0n) is 9.75. The Hall–Kier alpha value is -1.11. The van der Waals surface area contributed by atoms with E-state index in [0.717, 1.165) is 9.13 Å². The van der Waals surface area contributed by atoms with Crippen LogP contribution in [0.5, 0.6) is 0 Å². The normalized spacial score (nSPS) is 9.82. The summed E-state index contributed by atoms with van der Waals surface area (Å²) in [6.45, 7) is 2.24. The van der Waals surface area contributed by atoms with Crippen LogP contribution < -0.4 is 5.32 Å². The van der Waals surface area contributed by atoms with E-state index in [2.05, 4.69) is 32.6 Å². The topological polar surface area (TPSA) is 55.4 Å². The molecule has 0 spiro atoms. The molecule has 92 valence electrons. The number of hydrogen-bond acceptors (Lipinski definition) is 3. The average molecular weight is 347 g/mol. The molecule has 0 fully saturated rings. The van der Waals surface area contributed by atoms with Crippen molar-refractivity contribution in [3.8, 4) is 0 Å². The van der Waals surface area contributed by atoms with Crippen molar-refractivity contribution in [1.29, 1.82) is 0 Å². The Morgan fingerprint density at radius 3 is 2.71 bits per heavy atom. The summed E-state index contributed by atoms with van der Waals surface area (Å²) in [6, 6.07) is 5.49. The van der Waals surface area contributed by atoms with Crippen molar-refractivity contribution in [2.75, 3.05) is 13.7 Å². The molecule has 0 unspecified atom stereocenters. The second-order valence-electron chi connectivity index (χ2n) is 3.55. The van der Waals surface area contributed by atoms with E-state index < -0.39 is 0 Å². The van der Waals surface area contributed by atoms with Gasteiger partial charge in [-0.2, -0.15) is 0 Å². The molecule has 1 aromatic carbocycles. The Kier molecular flexibility index (Phi) is 5.40. The van der Waals surface area contributed by atoms with E-state index in [9.17, 15) is 9.59 Å². The minimum absolute atomic E-state index is 0.173. The first-order valence-corrected chi connectivity index (χ1v) is 6.23. The summed E-state index contributed by atoms with van der Waals surface area (Å²) < 4.78 is 5.60. The maximum Gasteiger partial charge on any atom is 0.307 e. The van der Waals surface area contributed by atoms with Crippen LogP contribution in [0.1, 0.15) is 22.3 Å². The molecule has 17 heavy (non-hydrogen) atoms. The summed E-state index contributed by atoms with van der Waals surface area (Å²) in [5.41, 5.74) is 1.67. The highest BCUT2D eigenvalue weighted by Crippen LogP contribution is 2.13. The van der Waals surface area contributed by atoms with Crippen LogP contribution in [0, 0.1) is 10.5 Å². The molecule has 1 amide bonds. The minimum Gasteiger partial charge on any atom is -0.469 e. The lowest BCUT2D eigenvalue weighted by atomic mass is 10.1. The molecule has 5 heteroatoms. The van der Waals surface area contributed by atoms with E-state index in [-0.39, 0.29) is 24.8 Å². The maximum absolute atomic E-state index is 11.7. The molecule has 0 aliphatic carbocycles. The van der Waals surface area contributed by atoms with Gasteiger partial charge in [-0.05, 0) is 53.3 Å². The van der Waals surface area contributed by atoms with Crippen LogP contribution in [-0.4, -0.2) is 25.5 Å². The van der Waals surface area contributed by atoms with Gasteiger partial charge in [0.1, 0.15) is 0 Å². The van der Waals surface area contributed by atoms with Crippen LogP contribution in [0.25, 0.3) is 0 Å². The number of amides is 1. The molecule has 1 rings (SSSR count). The third-order valence-corrected chi connectivity index (χ3v) is 3.47. The quantitative estimate of drug-likeness (QED) is 0.669. The summed E-state index contributed by atoms with van der Waals surface area (Å²) in [7, 11) is 1.33. The molecule has 0 radical (unpaired) electrons. The van der Waals surface area contributed by atoms with Gasteiger partial charge >= 0.3 is 5.97 Å². The van der Waals surface area contributed by atoms with Gasteiger partial charge in [0.25, 0.3) is 5.91 Å². The molecule has 0 aliphatic rings. The molecule has 1 N–H and O–H groups in total. The van der Waals surface area contributed by atoms with Crippen LogP contribution in [0.15, 0.2) is 18.2 Å². The van der Waals surface area contributed by atoms with Crippen molar-refractivity contribution in [2.45, 2.75) is 13.3 Å². The summed E-state index contributed by atoms with van der Waals surface area (Å²) in [6.07, 6.45) is 0.186. The molecule has 4 nitrogen and oxygen atoms in total. The van der Waals surface area contributed by atoms with Gasteiger partial charge in [-0.25, -0.2) is 0 Å². The molecule has 0 aromatic heterocycles. The van der Waals surface area contributed by atoms with E-state index in [0.29, 0.717) is 5.56 Å². The summed E-state index contributed by atoms with van der Waals surface area (Å²) in [4.78, 5) is 22.6. The van der Waals surface area contributed by atoms with E-state index >= 15 is 0 Å². The number of ether oxygens (including phenoxy) is 1. The van der Waals surface area contributed by atoms with E-state index in [1.165, 1.54) is 7.11 Å². The first-order chi connectivity index (χ1) is 8.04. The van der Waals surface area contributed by atoms with Gasteiger partial charge in [-0.15, -0.1) is 0 Å². The largest absolute Gasteiger partial charge is 0.469 e. The first kappa shape index (κ1) is 14.0. The van der Waals surface area contributed by atoms with Crippen molar-refractivity contribution < 1.29 is 14.3 Å². The van der Waals surface area contributed by atoms with Gasteiger partial charge in [-0.3, -0.25) is 9.59 Å². The second kappa shape index (κ2) is 6.58. The number of nitrogens with one attached hydrogen (secondary N) is 1. The van der Waals surface area contributed by atoms with Crippen LogP contribution in [0.4, 0.5) is 0 Å². The third kappa shape index (κ3) is 4.33. The van der Waals surface area contributed by atoms with Crippen molar-refractivity contribution in [1.82, 2.24) is 5.32 Å².